The van der Waals surface area contributed by atoms with Crippen LogP contribution < -0.4 is 4.74 Å². The van der Waals surface area contributed by atoms with Crippen LogP contribution in [-0.4, -0.2) is 91.4 Å². The van der Waals surface area contributed by atoms with E-state index in [1.165, 1.54) is 0 Å². The summed E-state index contributed by atoms with van der Waals surface area (Å²) in [5.74, 6) is 0.623. The van der Waals surface area contributed by atoms with Crippen LogP contribution in [-0.2, 0) is 4.74 Å². The van der Waals surface area contributed by atoms with Crippen LogP contribution >= 0.6 is 0 Å². The van der Waals surface area contributed by atoms with E-state index in [1.807, 2.05) is 36.7 Å². The lowest BCUT2D eigenvalue weighted by Crippen LogP contribution is -2.52. The number of likely N-dealkylation sites (tertiary alicyclic amines) is 2. The normalized spacial score (nSPS) is 22.9. The zero-order chi connectivity index (χ0) is 27.2. The fraction of sp³-hybridized carbons (Fsp3) is 0.483. The van der Waals surface area contributed by atoms with Crippen molar-refractivity contribution in [1.82, 2.24) is 39.4 Å². The van der Waals surface area contributed by atoms with Crippen LogP contribution in [0.2, 0.25) is 0 Å². The molecule has 11 heteroatoms. The molecule has 0 saturated carbocycles. The van der Waals surface area contributed by atoms with Crippen LogP contribution in [0.15, 0.2) is 42.9 Å². The molecular formula is C29H33N9O2. The van der Waals surface area contributed by atoms with Crippen LogP contribution in [0.25, 0.3) is 16.8 Å². The van der Waals surface area contributed by atoms with Gasteiger partial charge in [0.25, 0.3) is 0 Å². The van der Waals surface area contributed by atoms with E-state index in [0.29, 0.717) is 28.9 Å². The summed E-state index contributed by atoms with van der Waals surface area (Å²) in [7, 11) is 2.10. The molecule has 206 valence electrons. The number of fused-ring (bicyclic) bond motifs is 1. The molecule has 3 saturated heterocycles. The first-order valence-electron chi connectivity index (χ1n) is 14.0. The quantitative estimate of drug-likeness (QED) is 0.365. The van der Waals surface area contributed by atoms with Gasteiger partial charge in [-0.3, -0.25) is 14.8 Å². The molecular weight excluding hydrogens is 506 g/mol. The molecule has 0 aromatic carbocycles. The van der Waals surface area contributed by atoms with Crippen LogP contribution in [0.3, 0.4) is 0 Å². The van der Waals surface area contributed by atoms with E-state index in [-0.39, 0.29) is 12.1 Å². The highest BCUT2D eigenvalue weighted by Crippen LogP contribution is 2.37. The molecule has 11 nitrogen and oxygen atoms in total. The minimum absolute atomic E-state index is 0.0124. The van der Waals surface area contributed by atoms with Crippen molar-refractivity contribution in [3.63, 3.8) is 0 Å². The van der Waals surface area contributed by atoms with Crippen molar-refractivity contribution in [1.29, 1.82) is 5.26 Å². The molecule has 7 rings (SSSR count). The summed E-state index contributed by atoms with van der Waals surface area (Å²) < 4.78 is 15.9. The van der Waals surface area contributed by atoms with E-state index in [2.05, 4.69) is 54.9 Å². The highest BCUT2D eigenvalue weighted by Gasteiger charge is 2.36. The molecule has 0 N–H and O–H groups in total. The van der Waals surface area contributed by atoms with Gasteiger partial charge in [0.1, 0.15) is 34.7 Å². The molecule has 0 aliphatic carbocycles. The van der Waals surface area contributed by atoms with Crippen molar-refractivity contribution in [2.75, 3.05) is 39.9 Å². The van der Waals surface area contributed by atoms with Crippen molar-refractivity contribution in [3.8, 4) is 23.1 Å². The second-order valence-corrected chi connectivity index (χ2v) is 11.1. The van der Waals surface area contributed by atoms with Gasteiger partial charge in [-0.15, -0.1) is 5.10 Å². The Morgan fingerprint density at radius 3 is 2.67 bits per heavy atom. The highest BCUT2D eigenvalue weighted by atomic mass is 16.5. The molecule has 3 fully saturated rings. The Bertz CT molecular complexity index is 1550. The van der Waals surface area contributed by atoms with E-state index in [1.54, 1.807) is 10.7 Å². The average molecular weight is 540 g/mol. The molecule has 0 spiro atoms. The number of piperidine rings is 1. The fourth-order valence-corrected chi connectivity index (χ4v) is 6.43. The summed E-state index contributed by atoms with van der Waals surface area (Å²) in [5.41, 5.74) is 4.81. The molecule has 4 aromatic heterocycles. The first-order valence-corrected chi connectivity index (χ1v) is 14.0. The van der Waals surface area contributed by atoms with E-state index in [0.717, 1.165) is 74.8 Å². The molecule has 7 heterocycles. The molecule has 40 heavy (non-hydrogen) atoms. The standard InChI is InChI=1S/C29H33N9O2/c1-19-27(33-34-38(19)22-6-11-36(12-7-22)23-17-39-18-23)20-13-26(28-21(14-30)15-32-37(28)16-20)40-25-8-10-35(2)29(25)24-5-3-4-9-31-24/h3-5,9,13,15-16,22-23,25,29H,6-8,10-12,17-18H2,1-2H3/t25?,29-/m0/s1. The van der Waals surface area contributed by atoms with Crippen molar-refractivity contribution in [2.45, 2.75) is 50.4 Å². The second kappa shape index (κ2) is 10.3. The lowest BCUT2D eigenvalue weighted by Gasteiger charge is -2.41. The van der Waals surface area contributed by atoms with E-state index in [4.69, 9.17) is 9.47 Å². The lowest BCUT2D eigenvalue weighted by molar-refractivity contribution is -0.0735. The molecule has 0 bridgehead atoms. The highest BCUT2D eigenvalue weighted by molar-refractivity contribution is 5.74. The average Bonchev–Trinajstić information content (AvgIpc) is 3.65. The SMILES string of the molecule is Cc1c(-c2cc(OC3CCN(C)[C@H]3c3ccccn3)c3c(C#N)cnn3c2)nnn1C1CCN(C2COC2)CC1. The van der Waals surface area contributed by atoms with E-state index >= 15 is 0 Å². The van der Waals surface area contributed by atoms with Gasteiger partial charge < -0.3 is 9.47 Å². The molecule has 0 radical (unpaired) electrons. The first-order chi connectivity index (χ1) is 19.6. The largest absolute Gasteiger partial charge is 0.486 e. The number of aromatic nitrogens is 6. The van der Waals surface area contributed by atoms with Crippen molar-refractivity contribution in [3.05, 3.63) is 59.8 Å². The van der Waals surface area contributed by atoms with Crippen molar-refractivity contribution >= 4 is 5.52 Å². The Hall–Kier alpha value is -3.85. The summed E-state index contributed by atoms with van der Waals surface area (Å²) >= 11 is 0. The van der Waals surface area contributed by atoms with Gasteiger partial charge in [-0.25, -0.2) is 9.20 Å². The van der Waals surface area contributed by atoms with Crippen molar-refractivity contribution in [2.24, 2.45) is 0 Å². The number of likely N-dealkylation sites (N-methyl/N-ethyl adjacent to an activating group) is 1. The van der Waals surface area contributed by atoms with Crippen LogP contribution in [0.1, 0.15) is 48.3 Å². The number of ether oxygens (including phenoxy) is 2. The van der Waals surface area contributed by atoms with Gasteiger partial charge in [-0.2, -0.15) is 10.4 Å². The maximum absolute atomic E-state index is 9.82. The van der Waals surface area contributed by atoms with Gasteiger partial charge in [0.05, 0.1) is 48.9 Å². The lowest BCUT2D eigenvalue weighted by atomic mass is 10.0. The Morgan fingerprint density at radius 2 is 1.95 bits per heavy atom. The second-order valence-electron chi connectivity index (χ2n) is 11.1. The number of nitrogens with zero attached hydrogens (tertiary/aromatic N) is 9. The first kappa shape index (κ1) is 25.1. The van der Waals surface area contributed by atoms with Crippen LogP contribution in [0, 0.1) is 18.3 Å². The van der Waals surface area contributed by atoms with Crippen molar-refractivity contribution < 1.29 is 9.47 Å². The monoisotopic (exact) mass is 539 g/mol. The molecule has 0 amide bonds. The summed E-state index contributed by atoms with van der Waals surface area (Å²) in [6, 6.07) is 11.1. The number of pyridine rings is 2. The number of hydrogen-bond acceptors (Lipinski definition) is 9. The molecule has 3 aliphatic heterocycles. The van der Waals surface area contributed by atoms with Crippen LogP contribution in [0.4, 0.5) is 0 Å². The van der Waals surface area contributed by atoms with E-state index < -0.39 is 0 Å². The number of hydrogen-bond donors (Lipinski definition) is 0. The van der Waals surface area contributed by atoms with Gasteiger partial charge in [-0.1, -0.05) is 11.3 Å². The summed E-state index contributed by atoms with van der Waals surface area (Å²) in [6.45, 7) is 6.78. The van der Waals surface area contributed by atoms with Gasteiger partial charge in [0, 0.05) is 37.6 Å². The minimum Gasteiger partial charge on any atom is -0.486 e. The fourth-order valence-electron chi connectivity index (χ4n) is 6.43. The number of rotatable bonds is 6. The Morgan fingerprint density at radius 1 is 1.10 bits per heavy atom. The minimum atomic E-state index is -0.122. The van der Waals surface area contributed by atoms with Gasteiger partial charge >= 0.3 is 0 Å². The third-order valence-corrected chi connectivity index (χ3v) is 8.74. The smallest absolute Gasteiger partial charge is 0.147 e. The van der Waals surface area contributed by atoms with Gasteiger partial charge in [-0.05, 0) is 51.4 Å². The summed E-state index contributed by atoms with van der Waals surface area (Å²) in [5, 5.41) is 23.5. The van der Waals surface area contributed by atoms with Crippen LogP contribution in [0.5, 0.6) is 5.75 Å². The van der Waals surface area contributed by atoms with E-state index in [9.17, 15) is 5.26 Å². The van der Waals surface area contributed by atoms with Gasteiger partial charge in [0.15, 0.2) is 0 Å². The summed E-state index contributed by atoms with van der Waals surface area (Å²) in [6.07, 6.45) is 8.15. The molecule has 1 unspecified atom stereocenters. The number of nitriles is 1. The Balaban J connectivity index is 1.20. The third-order valence-electron chi connectivity index (χ3n) is 8.74. The third kappa shape index (κ3) is 4.33. The van der Waals surface area contributed by atoms with Gasteiger partial charge in [0.2, 0.25) is 0 Å². The summed E-state index contributed by atoms with van der Waals surface area (Å²) in [4.78, 5) is 9.42. The predicted octanol–water partition coefficient (Wildman–Crippen LogP) is 3.03. The maximum Gasteiger partial charge on any atom is 0.147 e. The zero-order valence-electron chi connectivity index (χ0n) is 22.8. The zero-order valence-corrected chi connectivity index (χ0v) is 22.8. The molecule has 4 aromatic rings. The Kier molecular flexibility index (Phi) is 6.46. The topological polar surface area (TPSA) is 110 Å². The maximum atomic E-state index is 9.82. The predicted molar refractivity (Wildman–Crippen MR) is 147 cm³/mol. The molecule has 2 atom stereocenters. The molecule has 3 aliphatic rings. The Labute approximate surface area is 232 Å².